The molecule has 242 valence electrons. The molecule has 0 amide bonds. The van der Waals surface area contributed by atoms with Gasteiger partial charge in [-0.3, -0.25) is 0 Å². The highest BCUT2D eigenvalue weighted by Crippen LogP contribution is 2.47. The zero-order chi connectivity index (χ0) is 32.2. The molecule has 2 N–H and O–H groups in total. The van der Waals surface area contributed by atoms with E-state index in [2.05, 4.69) is 14.6 Å². The van der Waals surface area contributed by atoms with Crippen LogP contribution in [0.3, 0.4) is 0 Å². The second kappa shape index (κ2) is 11.7. The molecule has 4 aromatic rings. The van der Waals surface area contributed by atoms with Gasteiger partial charge in [-0.15, -0.1) is 13.2 Å². The average Bonchev–Trinajstić information content (AvgIpc) is 3.73. The summed E-state index contributed by atoms with van der Waals surface area (Å²) in [6.45, 7) is 0.0907. The Kier molecular flexibility index (Phi) is 7.81. The molecule has 3 saturated carbocycles. The van der Waals surface area contributed by atoms with Gasteiger partial charge < -0.3 is 19.1 Å². The van der Waals surface area contributed by atoms with Crippen molar-refractivity contribution in [1.82, 2.24) is 9.88 Å². The molecule has 13 heteroatoms. The number of carboxylic acid groups (broad SMARTS) is 1. The lowest BCUT2D eigenvalue weighted by Crippen LogP contribution is -2.46. The maximum absolute atomic E-state index is 13.7. The number of sulfonamides is 1. The zero-order valence-electron chi connectivity index (χ0n) is 24.5. The van der Waals surface area contributed by atoms with Gasteiger partial charge >= 0.3 is 12.3 Å². The Morgan fingerprint density at radius 2 is 1.65 bits per heavy atom. The van der Waals surface area contributed by atoms with E-state index in [4.69, 9.17) is 9.26 Å². The van der Waals surface area contributed by atoms with Crippen molar-refractivity contribution < 1.29 is 45.5 Å². The molecular formula is C33H31F3N2O7S. The Bertz CT molecular complexity index is 1890. The van der Waals surface area contributed by atoms with Crippen LogP contribution in [0.25, 0.3) is 22.0 Å². The fourth-order valence-electron chi connectivity index (χ4n) is 7.16. The quantitative estimate of drug-likeness (QED) is 0.186. The van der Waals surface area contributed by atoms with Crippen molar-refractivity contribution >= 4 is 26.8 Å². The summed E-state index contributed by atoms with van der Waals surface area (Å²) in [6, 6.07) is 14.7. The van der Waals surface area contributed by atoms with Crippen LogP contribution in [0.15, 0.2) is 70.1 Å². The van der Waals surface area contributed by atoms with Crippen molar-refractivity contribution in [3.05, 3.63) is 77.6 Å². The minimum atomic E-state index is -4.87. The van der Waals surface area contributed by atoms with Gasteiger partial charge in [-0.1, -0.05) is 41.6 Å². The number of carbonyl (C=O) groups is 1. The number of para-hydroxylation sites is 1. The fraction of sp³-hybridized carbons (Fsp3) is 0.394. The van der Waals surface area contributed by atoms with E-state index in [1.807, 2.05) is 0 Å². The number of carboxylic acids is 1. The first-order valence-corrected chi connectivity index (χ1v) is 16.7. The van der Waals surface area contributed by atoms with Crippen molar-refractivity contribution in [2.24, 2.45) is 11.8 Å². The molecule has 0 aliphatic heterocycles. The third kappa shape index (κ3) is 5.98. The normalized spacial score (nSPS) is 23.1. The number of hydrogen-bond acceptors (Lipinski definition) is 7. The molecule has 0 saturated heterocycles. The van der Waals surface area contributed by atoms with Crippen LogP contribution in [-0.4, -0.2) is 43.2 Å². The predicted octanol–water partition coefficient (Wildman–Crippen LogP) is 7.02. The Labute approximate surface area is 262 Å². The van der Waals surface area contributed by atoms with Gasteiger partial charge in [0.1, 0.15) is 17.2 Å². The molecule has 0 radical (unpaired) electrons. The molecule has 3 aromatic carbocycles. The number of fused-ring (bicyclic) bond motifs is 3. The largest absolute Gasteiger partial charge is 0.573 e. The van der Waals surface area contributed by atoms with Gasteiger partial charge in [-0.05, 0) is 80.0 Å². The molecule has 2 unspecified atom stereocenters. The van der Waals surface area contributed by atoms with Crippen LogP contribution in [0.1, 0.15) is 66.1 Å². The summed E-state index contributed by atoms with van der Waals surface area (Å²) in [5, 5.41) is 14.4. The maximum atomic E-state index is 13.7. The smallest absolute Gasteiger partial charge is 0.478 e. The summed E-state index contributed by atoms with van der Waals surface area (Å²) >= 11 is 0. The number of aromatic carboxylic acids is 1. The van der Waals surface area contributed by atoms with Crippen molar-refractivity contribution in [1.29, 1.82) is 0 Å². The summed E-state index contributed by atoms with van der Waals surface area (Å²) in [5.74, 6) is -0.711. The number of halogens is 3. The van der Waals surface area contributed by atoms with Gasteiger partial charge in [0, 0.05) is 28.5 Å². The Balaban J connectivity index is 1.08. The van der Waals surface area contributed by atoms with Crippen LogP contribution in [-0.2, 0) is 21.4 Å². The molecule has 3 fully saturated rings. The highest BCUT2D eigenvalue weighted by molar-refractivity contribution is 7.89. The van der Waals surface area contributed by atoms with E-state index < -0.39 is 22.4 Å². The fourth-order valence-corrected chi connectivity index (χ4v) is 8.76. The van der Waals surface area contributed by atoms with Crippen LogP contribution < -0.4 is 9.46 Å². The maximum Gasteiger partial charge on any atom is 0.573 e. The molecule has 2 atom stereocenters. The first kappa shape index (κ1) is 30.7. The topological polar surface area (TPSA) is 128 Å². The number of alkyl halides is 3. The first-order valence-electron chi connectivity index (χ1n) is 15.2. The van der Waals surface area contributed by atoms with E-state index in [1.54, 1.807) is 24.3 Å². The van der Waals surface area contributed by atoms with Gasteiger partial charge in [-0.25, -0.2) is 17.9 Å². The summed E-state index contributed by atoms with van der Waals surface area (Å²) in [5.41, 5.74) is 1.06. The van der Waals surface area contributed by atoms with Crippen molar-refractivity contribution in [3.8, 4) is 17.0 Å². The third-order valence-corrected chi connectivity index (χ3v) is 10.9. The van der Waals surface area contributed by atoms with Crippen LogP contribution in [0, 0.1) is 11.8 Å². The molecule has 1 heterocycles. The monoisotopic (exact) mass is 656 g/mol. The molecule has 1 aromatic heterocycles. The number of ether oxygens (including phenoxy) is 2. The van der Waals surface area contributed by atoms with Gasteiger partial charge in [0.25, 0.3) is 0 Å². The molecule has 3 aliphatic carbocycles. The van der Waals surface area contributed by atoms with Crippen LogP contribution in [0.4, 0.5) is 13.2 Å². The number of nitrogens with one attached hydrogen (secondary N) is 1. The minimum absolute atomic E-state index is 0.0221. The summed E-state index contributed by atoms with van der Waals surface area (Å²) in [6.07, 6.45) is -0.409. The highest BCUT2D eigenvalue weighted by Gasteiger charge is 2.45. The van der Waals surface area contributed by atoms with E-state index in [9.17, 15) is 31.5 Å². The molecular weight excluding hydrogens is 625 g/mol. The predicted molar refractivity (Wildman–Crippen MR) is 160 cm³/mol. The van der Waals surface area contributed by atoms with E-state index in [-0.39, 0.29) is 64.0 Å². The van der Waals surface area contributed by atoms with E-state index in [0.717, 1.165) is 25.7 Å². The second-order valence-corrected chi connectivity index (χ2v) is 14.0. The Hall–Kier alpha value is -3.94. The number of nitrogens with zero attached hydrogens (tertiary/aromatic N) is 1. The van der Waals surface area contributed by atoms with Crippen molar-refractivity contribution in [2.75, 3.05) is 0 Å². The molecule has 0 spiro atoms. The molecule has 3 aliphatic rings. The zero-order valence-corrected chi connectivity index (χ0v) is 25.3. The standard InChI is InChI=1S/C33H31F3N2O7S/c34-33(35,36)44-27-9-2-1-5-25(27)30-26(31(45-37-30)18-11-12-18)17-43-21-15-19-13-14-20(16-21)29(19)38-46(41,42)28-10-4-6-22-23(28)7-3-8-24(22)32(39)40/h1-10,18-21,29,38H,11-17H2,(H,39,40). The van der Waals surface area contributed by atoms with Crippen LogP contribution >= 0.6 is 0 Å². The third-order valence-electron chi connectivity index (χ3n) is 9.35. The lowest BCUT2D eigenvalue weighted by atomic mass is 9.83. The molecule has 9 nitrogen and oxygen atoms in total. The number of rotatable bonds is 10. The molecule has 7 rings (SSSR count). The van der Waals surface area contributed by atoms with E-state index >= 15 is 0 Å². The lowest BCUT2D eigenvalue weighted by molar-refractivity contribution is -0.274. The number of hydrogen-bond donors (Lipinski definition) is 2. The van der Waals surface area contributed by atoms with Crippen molar-refractivity contribution in [3.63, 3.8) is 0 Å². The second-order valence-electron chi connectivity index (χ2n) is 12.3. The Morgan fingerprint density at radius 3 is 2.35 bits per heavy atom. The summed E-state index contributed by atoms with van der Waals surface area (Å²) in [7, 11) is -3.98. The van der Waals surface area contributed by atoms with Gasteiger partial charge in [0.15, 0.2) is 0 Å². The van der Waals surface area contributed by atoms with E-state index in [1.165, 1.54) is 36.4 Å². The molecule has 46 heavy (non-hydrogen) atoms. The first-order chi connectivity index (χ1) is 22.0. The Morgan fingerprint density at radius 1 is 0.957 bits per heavy atom. The lowest BCUT2D eigenvalue weighted by Gasteiger charge is -2.35. The van der Waals surface area contributed by atoms with Gasteiger partial charge in [0.2, 0.25) is 10.0 Å². The van der Waals surface area contributed by atoms with Gasteiger partial charge in [0.05, 0.1) is 23.2 Å². The molecule has 2 bridgehead atoms. The van der Waals surface area contributed by atoms with Crippen molar-refractivity contribution in [2.45, 2.75) is 74.5 Å². The van der Waals surface area contributed by atoms with Crippen LogP contribution in [0.5, 0.6) is 5.75 Å². The number of aromatic nitrogens is 1. The SMILES string of the molecule is O=C(O)c1cccc2c(S(=O)(=O)NC3C4CCC3CC(OCc3c(-c5ccccc5OC(F)(F)F)noc3C3CC3)C4)cccc12. The minimum Gasteiger partial charge on any atom is -0.478 e. The highest BCUT2D eigenvalue weighted by atomic mass is 32.2. The average molecular weight is 657 g/mol. The summed E-state index contributed by atoms with van der Waals surface area (Å²) < 4.78 is 86.0. The number of benzene rings is 3. The van der Waals surface area contributed by atoms with E-state index in [0.29, 0.717) is 34.9 Å². The van der Waals surface area contributed by atoms with Crippen LogP contribution in [0.2, 0.25) is 0 Å². The van der Waals surface area contributed by atoms with Gasteiger partial charge in [-0.2, -0.15) is 0 Å². The summed E-state index contributed by atoms with van der Waals surface area (Å²) in [4.78, 5) is 11.8.